The summed E-state index contributed by atoms with van der Waals surface area (Å²) in [6.07, 6.45) is 3.42. The van der Waals surface area contributed by atoms with Crippen LogP contribution in [0.3, 0.4) is 0 Å². The molecular weight excluding hydrogens is 194 g/mol. The molecule has 4 heteroatoms. The highest BCUT2D eigenvalue weighted by molar-refractivity contribution is 5.80. The zero-order valence-corrected chi connectivity index (χ0v) is 9.15. The third-order valence-corrected chi connectivity index (χ3v) is 2.70. The Morgan fingerprint density at radius 2 is 2.33 bits per heavy atom. The molecule has 1 unspecified atom stereocenters. The second kappa shape index (κ2) is 5.88. The van der Waals surface area contributed by atoms with Crippen molar-refractivity contribution in [3.8, 4) is 0 Å². The second-order valence-electron chi connectivity index (χ2n) is 4.25. The van der Waals surface area contributed by atoms with Crippen molar-refractivity contribution in [2.75, 3.05) is 26.2 Å². The van der Waals surface area contributed by atoms with Crippen molar-refractivity contribution in [1.82, 2.24) is 4.90 Å². The molecule has 0 aromatic heterocycles. The molecule has 0 spiro atoms. The smallest absolute Gasteiger partial charge is 0.328 e. The van der Waals surface area contributed by atoms with Crippen molar-refractivity contribution in [1.29, 1.82) is 0 Å². The SMILES string of the molecule is CC(=CC(=O)O)CN1CCCC(CO)C1. The first-order chi connectivity index (χ1) is 7.11. The molecule has 1 saturated heterocycles. The van der Waals surface area contributed by atoms with E-state index < -0.39 is 5.97 Å². The standard InChI is InChI=1S/C11H19NO3/c1-9(5-11(14)15)6-12-4-2-3-10(7-12)8-13/h5,10,13H,2-4,6-8H2,1H3,(H,14,15). The molecule has 0 aromatic carbocycles. The number of hydrogen-bond acceptors (Lipinski definition) is 3. The summed E-state index contributed by atoms with van der Waals surface area (Å²) in [5.74, 6) is -0.528. The van der Waals surface area contributed by atoms with E-state index in [1.165, 1.54) is 6.08 Å². The predicted molar refractivity (Wildman–Crippen MR) is 57.6 cm³/mol. The van der Waals surface area contributed by atoms with E-state index in [4.69, 9.17) is 10.2 Å². The van der Waals surface area contributed by atoms with Crippen LogP contribution in [0.4, 0.5) is 0 Å². The van der Waals surface area contributed by atoms with Gasteiger partial charge in [0.1, 0.15) is 0 Å². The predicted octanol–water partition coefficient (Wildman–Crippen LogP) is 0.722. The summed E-state index contributed by atoms with van der Waals surface area (Å²) >= 11 is 0. The van der Waals surface area contributed by atoms with Gasteiger partial charge in [0.05, 0.1) is 0 Å². The summed E-state index contributed by atoms with van der Waals surface area (Å²) in [4.78, 5) is 12.6. The fourth-order valence-corrected chi connectivity index (χ4v) is 2.05. The number of carboxylic acid groups (broad SMARTS) is 1. The average Bonchev–Trinajstić information content (AvgIpc) is 2.16. The van der Waals surface area contributed by atoms with Gasteiger partial charge in [0, 0.05) is 25.8 Å². The Kier molecular flexibility index (Phi) is 4.78. The number of rotatable bonds is 4. The zero-order chi connectivity index (χ0) is 11.3. The Balaban J connectivity index is 2.41. The zero-order valence-electron chi connectivity index (χ0n) is 9.15. The highest BCUT2D eigenvalue weighted by Crippen LogP contribution is 2.16. The number of carboxylic acids is 1. The number of nitrogens with zero attached hydrogens (tertiary/aromatic N) is 1. The highest BCUT2D eigenvalue weighted by atomic mass is 16.4. The quantitative estimate of drug-likeness (QED) is 0.676. The van der Waals surface area contributed by atoms with Crippen molar-refractivity contribution in [3.63, 3.8) is 0 Å². The van der Waals surface area contributed by atoms with Crippen molar-refractivity contribution < 1.29 is 15.0 Å². The van der Waals surface area contributed by atoms with Crippen LogP contribution in [-0.4, -0.2) is 47.3 Å². The molecule has 15 heavy (non-hydrogen) atoms. The molecule has 86 valence electrons. The Hall–Kier alpha value is -0.870. The van der Waals surface area contributed by atoms with E-state index in [1.54, 1.807) is 0 Å². The number of aliphatic hydroxyl groups excluding tert-OH is 1. The molecule has 2 N–H and O–H groups in total. The third kappa shape index (κ3) is 4.44. The third-order valence-electron chi connectivity index (χ3n) is 2.70. The van der Waals surface area contributed by atoms with Crippen LogP contribution in [0.2, 0.25) is 0 Å². The number of piperidine rings is 1. The molecule has 0 amide bonds. The van der Waals surface area contributed by atoms with Gasteiger partial charge >= 0.3 is 5.97 Å². The Labute approximate surface area is 90.2 Å². The van der Waals surface area contributed by atoms with Gasteiger partial charge in [-0.1, -0.05) is 5.57 Å². The maximum Gasteiger partial charge on any atom is 0.328 e. The lowest BCUT2D eigenvalue weighted by Gasteiger charge is -2.31. The van der Waals surface area contributed by atoms with Crippen LogP contribution in [0.25, 0.3) is 0 Å². The molecule has 4 nitrogen and oxygen atoms in total. The van der Waals surface area contributed by atoms with Crippen molar-refractivity contribution in [3.05, 3.63) is 11.6 Å². The minimum absolute atomic E-state index is 0.234. The molecule has 1 fully saturated rings. The maximum absolute atomic E-state index is 10.4. The lowest BCUT2D eigenvalue weighted by Crippen LogP contribution is -2.37. The van der Waals surface area contributed by atoms with Crippen LogP contribution in [0.1, 0.15) is 19.8 Å². The number of aliphatic hydroxyl groups is 1. The van der Waals surface area contributed by atoms with Gasteiger partial charge in [0.2, 0.25) is 0 Å². The first kappa shape index (κ1) is 12.2. The van der Waals surface area contributed by atoms with Crippen molar-refractivity contribution in [2.24, 2.45) is 5.92 Å². The van der Waals surface area contributed by atoms with E-state index in [2.05, 4.69) is 4.90 Å². The van der Waals surface area contributed by atoms with Gasteiger partial charge in [0.25, 0.3) is 0 Å². The number of likely N-dealkylation sites (tertiary alicyclic amines) is 1. The first-order valence-corrected chi connectivity index (χ1v) is 5.35. The fourth-order valence-electron chi connectivity index (χ4n) is 2.05. The molecular formula is C11H19NO3. The molecule has 0 saturated carbocycles. The van der Waals surface area contributed by atoms with Crippen LogP contribution >= 0.6 is 0 Å². The Morgan fingerprint density at radius 3 is 2.93 bits per heavy atom. The monoisotopic (exact) mass is 213 g/mol. The van der Waals surface area contributed by atoms with Gasteiger partial charge in [-0.3, -0.25) is 4.90 Å². The van der Waals surface area contributed by atoms with E-state index in [0.29, 0.717) is 12.5 Å². The molecule has 1 aliphatic rings. The second-order valence-corrected chi connectivity index (χ2v) is 4.25. The topological polar surface area (TPSA) is 60.8 Å². The van der Waals surface area contributed by atoms with Gasteiger partial charge in [-0.15, -0.1) is 0 Å². The van der Waals surface area contributed by atoms with Crippen LogP contribution in [0, 0.1) is 5.92 Å². The van der Waals surface area contributed by atoms with Crippen molar-refractivity contribution >= 4 is 5.97 Å². The maximum atomic E-state index is 10.4. The minimum Gasteiger partial charge on any atom is -0.478 e. The van der Waals surface area contributed by atoms with Gasteiger partial charge < -0.3 is 10.2 Å². The molecule has 0 aromatic rings. The normalized spacial score (nSPS) is 24.1. The molecule has 1 aliphatic heterocycles. The summed E-state index contributed by atoms with van der Waals surface area (Å²) in [5.41, 5.74) is 0.862. The van der Waals surface area contributed by atoms with Crippen LogP contribution in [0.15, 0.2) is 11.6 Å². The molecule has 0 aliphatic carbocycles. The molecule has 1 rings (SSSR count). The van der Waals surface area contributed by atoms with E-state index in [1.807, 2.05) is 6.92 Å². The number of hydrogen-bond donors (Lipinski definition) is 2. The molecule has 0 radical (unpaired) electrons. The van der Waals surface area contributed by atoms with Crippen LogP contribution in [0.5, 0.6) is 0 Å². The molecule has 1 heterocycles. The first-order valence-electron chi connectivity index (χ1n) is 5.35. The lowest BCUT2D eigenvalue weighted by atomic mass is 9.99. The number of aliphatic carboxylic acids is 1. The van der Waals surface area contributed by atoms with E-state index >= 15 is 0 Å². The fraction of sp³-hybridized carbons (Fsp3) is 0.727. The van der Waals surface area contributed by atoms with E-state index in [9.17, 15) is 4.79 Å². The lowest BCUT2D eigenvalue weighted by molar-refractivity contribution is -0.131. The van der Waals surface area contributed by atoms with E-state index in [0.717, 1.165) is 31.5 Å². The van der Waals surface area contributed by atoms with Gasteiger partial charge in [-0.2, -0.15) is 0 Å². The summed E-state index contributed by atoms with van der Waals surface area (Å²) in [5, 5.41) is 17.6. The molecule has 0 bridgehead atoms. The number of carbonyl (C=O) groups is 1. The summed E-state index contributed by atoms with van der Waals surface area (Å²) < 4.78 is 0. The van der Waals surface area contributed by atoms with Crippen LogP contribution in [-0.2, 0) is 4.79 Å². The largest absolute Gasteiger partial charge is 0.478 e. The van der Waals surface area contributed by atoms with Crippen molar-refractivity contribution in [2.45, 2.75) is 19.8 Å². The highest BCUT2D eigenvalue weighted by Gasteiger charge is 2.18. The van der Waals surface area contributed by atoms with Gasteiger partial charge in [0.15, 0.2) is 0 Å². The summed E-state index contributed by atoms with van der Waals surface area (Å²) in [7, 11) is 0. The minimum atomic E-state index is -0.886. The van der Waals surface area contributed by atoms with Gasteiger partial charge in [-0.25, -0.2) is 4.79 Å². The average molecular weight is 213 g/mol. The molecule has 1 atom stereocenters. The van der Waals surface area contributed by atoms with Gasteiger partial charge in [-0.05, 0) is 32.2 Å². The Bertz CT molecular complexity index is 250. The summed E-state index contributed by atoms with van der Waals surface area (Å²) in [6.45, 7) is 4.64. The van der Waals surface area contributed by atoms with Crippen LogP contribution < -0.4 is 0 Å². The van der Waals surface area contributed by atoms with E-state index in [-0.39, 0.29) is 6.61 Å². The Morgan fingerprint density at radius 1 is 1.60 bits per heavy atom. The summed E-state index contributed by atoms with van der Waals surface area (Å²) in [6, 6.07) is 0.